The number of aromatic amines is 1. The van der Waals surface area contributed by atoms with Crippen LogP contribution in [0.5, 0.6) is 0 Å². The first-order valence-corrected chi connectivity index (χ1v) is 8.04. The summed E-state index contributed by atoms with van der Waals surface area (Å²) in [5.41, 5.74) is 6.12. The summed E-state index contributed by atoms with van der Waals surface area (Å²) in [5, 5.41) is 5.50. The SMILES string of the molecule is O=C(NCCc1cccs1)NNC(=O)c1c[nH]c2ccccc12. The number of hydrazine groups is 1. The maximum Gasteiger partial charge on any atom is 0.333 e. The van der Waals surface area contributed by atoms with Gasteiger partial charge in [-0.2, -0.15) is 0 Å². The predicted molar refractivity (Wildman–Crippen MR) is 90.3 cm³/mol. The Labute approximate surface area is 136 Å². The normalized spacial score (nSPS) is 10.4. The Kier molecular flexibility index (Phi) is 4.58. The van der Waals surface area contributed by atoms with Gasteiger partial charge in [0.1, 0.15) is 0 Å². The quantitative estimate of drug-likeness (QED) is 0.554. The molecule has 1 aromatic carbocycles. The zero-order valence-corrected chi connectivity index (χ0v) is 13.1. The van der Waals surface area contributed by atoms with Crippen LogP contribution in [0.25, 0.3) is 10.9 Å². The van der Waals surface area contributed by atoms with Crippen molar-refractivity contribution in [3.63, 3.8) is 0 Å². The molecule has 3 amide bonds. The average molecular weight is 328 g/mol. The molecule has 0 unspecified atom stereocenters. The number of carbonyl (C=O) groups is 2. The van der Waals surface area contributed by atoms with E-state index in [2.05, 4.69) is 21.2 Å². The zero-order chi connectivity index (χ0) is 16.1. The fourth-order valence-corrected chi connectivity index (χ4v) is 2.95. The lowest BCUT2D eigenvalue weighted by Gasteiger charge is -2.08. The van der Waals surface area contributed by atoms with Gasteiger partial charge in [0.2, 0.25) is 0 Å². The van der Waals surface area contributed by atoms with E-state index < -0.39 is 6.03 Å². The van der Waals surface area contributed by atoms with Crippen molar-refractivity contribution >= 4 is 34.2 Å². The highest BCUT2D eigenvalue weighted by Crippen LogP contribution is 2.17. The van der Waals surface area contributed by atoms with Gasteiger partial charge in [-0.15, -0.1) is 11.3 Å². The van der Waals surface area contributed by atoms with Crippen LogP contribution in [-0.2, 0) is 6.42 Å². The zero-order valence-electron chi connectivity index (χ0n) is 12.3. The number of H-pyrrole nitrogens is 1. The van der Waals surface area contributed by atoms with Gasteiger partial charge < -0.3 is 10.3 Å². The molecule has 3 rings (SSSR count). The molecule has 0 spiro atoms. The number of nitrogens with one attached hydrogen (secondary N) is 4. The summed E-state index contributed by atoms with van der Waals surface area (Å²) in [7, 11) is 0. The summed E-state index contributed by atoms with van der Waals surface area (Å²) in [6, 6.07) is 11.0. The van der Waals surface area contributed by atoms with E-state index in [1.165, 1.54) is 4.88 Å². The van der Waals surface area contributed by atoms with E-state index in [4.69, 9.17) is 0 Å². The van der Waals surface area contributed by atoms with Crippen LogP contribution in [0.3, 0.4) is 0 Å². The largest absolute Gasteiger partial charge is 0.360 e. The second-order valence-corrected chi connectivity index (χ2v) is 5.94. The number of benzene rings is 1. The van der Waals surface area contributed by atoms with Crippen LogP contribution in [-0.4, -0.2) is 23.5 Å². The van der Waals surface area contributed by atoms with Crippen molar-refractivity contribution in [1.29, 1.82) is 0 Å². The Morgan fingerprint density at radius 2 is 1.96 bits per heavy atom. The summed E-state index contributed by atoms with van der Waals surface area (Å²) in [6.07, 6.45) is 2.39. The Bertz CT molecular complexity index is 810. The van der Waals surface area contributed by atoms with E-state index in [1.54, 1.807) is 17.5 Å². The highest BCUT2D eigenvalue weighted by Gasteiger charge is 2.12. The molecule has 2 aromatic heterocycles. The van der Waals surface area contributed by atoms with Crippen molar-refractivity contribution in [3.05, 3.63) is 58.4 Å². The van der Waals surface area contributed by atoms with Gasteiger partial charge in [-0.05, 0) is 23.9 Å². The molecule has 3 aromatic rings. The predicted octanol–water partition coefficient (Wildman–Crippen LogP) is 2.42. The van der Waals surface area contributed by atoms with Crippen molar-refractivity contribution in [2.75, 3.05) is 6.54 Å². The van der Waals surface area contributed by atoms with Gasteiger partial charge >= 0.3 is 6.03 Å². The van der Waals surface area contributed by atoms with Crippen molar-refractivity contribution in [2.45, 2.75) is 6.42 Å². The fraction of sp³-hybridized carbons (Fsp3) is 0.125. The minimum atomic E-state index is -0.435. The number of thiophene rings is 1. The lowest BCUT2D eigenvalue weighted by Crippen LogP contribution is -2.47. The van der Waals surface area contributed by atoms with Crippen LogP contribution in [0.4, 0.5) is 4.79 Å². The fourth-order valence-electron chi connectivity index (χ4n) is 2.24. The Balaban J connectivity index is 1.47. The molecular weight excluding hydrogens is 312 g/mol. The standard InChI is InChI=1S/C16H16N4O2S/c21-15(13-10-18-14-6-2-1-5-12(13)14)19-20-16(22)17-8-7-11-4-3-9-23-11/h1-6,9-10,18H,7-8H2,(H,19,21)(H2,17,20,22). The number of carbonyl (C=O) groups excluding carboxylic acids is 2. The number of para-hydroxylation sites is 1. The second kappa shape index (κ2) is 6.97. The van der Waals surface area contributed by atoms with E-state index in [0.29, 0.717) is 12.1 Å². The van der Waals surface area contributed by atoms with Crippen molar-refractivity contribution in [2.24, 2.45) is 0 Å². The van der Waals surface area contributed by atoms with Gasteiger partial charge in [0.05, 0.1) is 5.56 Å². The summed E-state index contributed by atoms with van der Waals surface area (Å²) < 4.78 is 0. The highest BCUT2D eigenvalue weighted by atomic mass is 32.1. The first-order valence-electron chi connectivity index (χ1n) is 7.17. The molecule has 0 atom stereocenters. The molecule has 6 nitrogen and oxygen atoms in total. The third-order valence-corrected chi connectivity index (χ3v) is 4.30. The third kappa shape index (κ3) is 3.70. The molecule has 23 heavy (non-hydrogen) atoms. The van der Waals surface area contributed by atoms with Gasteiger partial charge in [-0.25, -0.2) is 10.2 Å². The van der Waals surface area contributed by atoms with Gasteiger partial charge in [0, 0.05) is 28.5 Å². The molecule has 0 saturated heterocycles. The molecule has 0 aliphatic carbocycles. The van der Waals surface area contributed by atoms with E-state index in [1.807, 2.05) is 41.8 Å². The molecule has 0 saturated carbocycles. The Morgan fingerprint density at radius 3 is 2.78 bits per heavy atom. The maximum atomic E-state index is 12.1. The monoisotopic (exact) mass is 328 g/mol. The van der Waals surface area contributed by atoms with Gasteiger partial charge in [0.25, 0.3) is 5.91 Å². The number of fused-ring (bicyclic) bond motifs is 1. The molecule has 118 valence electrons. The number of rotatable bonds is 4. The molecule has 0 fully saturated rings. The number of aromatic nitrogens is 1. The van der Waals surface area contributed by atoms with Crippen LogP contribution in [0.15, 0.2) is 48.0 Å². The van der Waals surface area contributed by atoms with Crippen LogP contribution in [0, 0.1) is 0 Å². The van der Waals surface area contributed by atoms with E-state index in [-0.39, 0.29) is 5.91 Å². The van der Waals surface area contributed by atoms with Crippen LogP contribution in [0.2, 0.25) is 0 Å². The van der Waals surface area contributed by atoms with Gasteiger partial charge in [0.15, 0.2) is 0 Å². The molecule has 0 aliphatic heterocycles. The molecule has 0 radical (unpaired) electrons. The summed E-state index contributed by atoms with van der Waals surface area (Å²) in [5.74, 6) is -0.365. The molecular formula is C16H16N4O2S. The molecule has 2 heterocycles. The molecule has 4 N–H and O–H groups in total. The maximum absolute atomic E-state index is 12.1. The first kappa shape index (κ1) is 15.1. The average Bonchev–Trinajstić information content (AvgIpc) is 3.22. The lowest BCUT2D eigenvalue weighted by molar-refractivity contribution is 0.0938. The van der Waals surface area contributed by atoms with Crippen LogP contribution >= 0.6 is 11.3 Å². The van der Waals surface area contributed by atoms with Crippen molar-refractivity contribution in [1.82, 2.24) is 21.2 Å². The topological polar surface area (TPSA) is 86.0 Å². The number of hydrogen-bond acceptors (Lipinski definition) is 3. The Hall–Kier alpha value is -2.80. The molecule has 0 bridgehead atoms. The lowest BCUT2D eigenvalue weighted by atomic mass is 10.2. The van der Waals surface area contributed by atoms with Crippen molar-refractivity contribution < 1.29 is 9.59 Å². The van der Waals surface area contributed by atoms with Crippen molar-refractivity contribution in [3.8, 4) is 0 Å². The number of amides is 3. The smallest absolute Gasteiger partial charge is 0.333 e. The third-order valence-electron chi connectivity index (χ3n) is 3.36. The molecule has 0 aliphatic rings. The van der Waals surface area contributed by atoms with Crippen LogP contribution < -0.4 is 16.2 Å². The second-order valence-electron chi connectivity index (χ2n) is 4.91. The summed E-state index contributed by atoms with van der Waals surface area (Å²) in [4.78, 5) is 28.0. The van der Waals surface area contributed by atoms with E-state index in [9.17, 15) is 9.59 Å². The van der Waals surface area contributed by atoms with E-state index >= 15 is 0 Å². The summed E-state index contributed by atoms with van der Waals surface area (Å²) in [6.45, 7) is 0.509. The first-order chi connectivity index (χ1) is 11.2. The van der Waals surface area contributed by atoms with Gasteiger partial charge in [-0.1, -0.05) is 24.3 Å². The summed E-state index contributed by atoms with van der Waals surface area (Å²) >= 11 is 1.65. The van der Waals surface area contributed by atoms with Gasteiger partial charge in [-0.3, -0.25) is 10.2 Å². The minimum Gasteiger partial charge on any atom is -0.360 e. The number of urea groups is 1. The molecule has 7 heteroatoms. The van der Waals surface area contributed by atoms with E-state index in [0.717, 1.165) is 17.3 Å². The van der Waals surface area contributed by atoms with Crippen LogP contribution in [0.1, 0.15) is 15.2 Å². The Morgan fingerprint density at radius 1 is 1.09 bits per heavy atom. The minimum absolute atomic E-state index is 0.365. The number of hydrogen-bond donors (Lipinski definition) is 4. The highest BCUT2D eigenvalue weighted by molar-refractivity contribution is 7.09.